The van der Waals surface area contributed by atoms with Crippen LogP contribution in [0.2, 0.25) is 18.1 Å². The number of hydrogen-bond acceptors (Lipinski definition) is 3. The van der Waals surface area contributed by atoms with Crippen LogP contribution in [0.4, 0.5) is 0 Å². The highest BCUT2D eigenvalue weighted by atomic mass is 28.4. The molecule has 0 saturated carbocycles. The largest absolute Gasteiger partial charge is 0.416 e. The maximum absolute atomic E-state index is 12.8. The van der Waals surface area contributed by atoms with Gasteiger partial charge in [0.05, 0.1) is 5.41 Å². The van der Waals surface area contributed by atoms with Crippen molar-refractivity contribution < 1.29 is 14.0 Å². The third kappa shape index (κ3) is 3.79. The van der Waals surface area contributed by atoms with Gasteiger partial charge >= 0.3 is 0 Å². The molecule has 4 nitrogen and oxygen atoms in total. The van der Waals surface area contributed by atoms with Crippen LogP contribution in [0.15, 0.2) is 24.3 Å². The van der Waals surface area contributed by atoms with Gasteiger partial charge in [0.2, 0.25) is 5.91 Å². The quantitative estimate of drug-likeness (QED) is 0.593. The summed E-state index contributed by atoms with van der Waals surface area (Å²) in [5.74, 6) is 0.261. The molecule has 1 aromatic rings. The van der Waals surface area contributed by atoms with E-state index in [-0.39, 0.29) is 22.8 Å². The zero-order chi connectivity index (χ0) is 19.8. The molecule has 0 unspecified atom stereocenters. The predicted molar refractivity (Wildman–Crippen MR) is 108 cm³/mol. The predicted octanol–water partition coefficient (Wildman–Crippen LogP) is 4.38. The molecule has 1 aliphatic rings. The molecule has 5 heteroatoms. The van der Waals surface area contributed by atoms with Gasteiger partial charge in [0.1, 0.15) is 6.29 Å². The molecule has 144 valence electrons. The van der Waals surface area contributed by atoms with Crippen LogP contribution in [0.3, 0.4) is 0 Å². The Morgan fingerprint density at radius 2 is 1.88 bits per heavy atom. The Balaban J connectivity index is 2.22. The van der Waals surface area contributed by atoms with Crippen LogP contribution < -0.4 is 5.32 Å². The number of carbonyl (C=O) groups is 2. The lowest BCUT2D eigenvalue weighted by Gasteiger charge is -2.40. The van der Waals surface area contributed by atoms with Crippen LogP contribution in [0.25, 0.3) is 0 Å². The van der Waals surface area contributed by atoms with Gasteiger partial charge in [0, 0.05) is 24.6 Å². The van der Waals surface area contributed by atoms with Crippen molar-refractivity contribution in [3.8, 4) is 0 Å². The second-order valence-corrected chi connectivity index (χ2v) is 14.1. The summed E-state index contributed by atoms with van der Waals surface area (Å²) in [6, 6.07) is 7.54. The molecule has 26 heavy (non-hydrogen) atoms. The average Bonchev–Trinajstić information content (AvgIpc) is 2.87. The maximum Gasteiger partial charge on any atom is 0.226 e. The molecule has 1 N–H and O–H groups in total. The highest BCUT2D eigenvalue weighted by molar-refractivity contribution is 6.74. The van der Waals surface area contributed by atoms with E-state index in [0.29, 0.717) is 18.7 Å². The number of carbonyl (C=O) groups excluding carboxylic acids is 2. The van der Waals surface area contributed by atoms with E-state index < -0.39 is 13.7 Å². The van der Waals surface area contributed by atoms with E-state index in [0.717, 1.165) is 11.8 Å². The Morgan fingerprint density at radius 1 is 1.31 bits per heavy atom. The van der Waals surface area contributed by atoms with Crippen molar-refractivity contribution in [2.24, 2.45) is 11.3 Å². The van der Waals surface area contributed by atoms with Crippen molar-refractivity contribution in [2.45, 2.75) is 58.7 Å². The summed E-state index contributed by atoms with van der Waals surface area (Å²) in [5.41, 5.74) is 1.21. The Bertz CT molecular complexity index is 663. The first-order chi connectivity index (χ1) is 11.9. The van der Waals surface area contributed by atoms with Gasteiger partial charge in [-0.3, -0.25) is 9.59 Å². The average molecular weight is 376 g/mol. The zero-order valence-corrected chi connectivity index (χ0v) is 18.2. The molecule has 1 aliphatic heterocycles. The zero-order valence-electron chi connectivity index (χ0n) is 17.2. The molecule has 0 aliphatic carbocycles. The van der Waals surface area contributed by atoms with Gasteiger partial charge in [0.15, 0.2) is 8.32 Å². The number of benzene rings is 1. The SMILES string of the molecule is C[C@H](c1ccc(C=O)cc1)[C@@]1(C)C(=O)NC[C@@H]1CO[Si](C)(C)C(C)(C)C. The summed E-state index contributed by atoms with van der Waals surface area (Å²) in [7, 11) is -1.86. The van der Waals surface area contributed by atoms with Gasteiger partial charge in [-0.2, -0.15) is 0 Å². The fourth-order valence-electron chi connectivity index (χ4n) is 3.32. The Kier molecular flexibility index (Phi) is 5.83. The lowest BCUT2D eigenvalue weighted by atomic mass is 9.68. The van der Waals surface area contributed by atoms with E-state index in [9.17, 15) is 9.59 Å². The summed E-state index contributed by atoms with van der Waals surface area (Å²) in [4.78, 5) is 23.6. The first kappa shape index (κ1) is 20.8. The number of rotatable bonds is 6. The maximum atomic E-state index is 12.8. The highest BCUT2D eigenvalue weighted by Crippen LogP contribution is 2.46. The van der Waals surface area contributed by atoms with E-state index in [2.05, 4.69) is 46.1 Å². The summed E-state index contributed by atoms with van der Waals surface area (Å²) >= 11 is 0. The Hall–Kier alpha value is -1.46. The van der Waals surface area contributed by atoms with Crippen LogP contribution in [0, 0.1) is 11.3 Å². The van der Waals surface area contributed by atoms with E-state index >= 15 is 0 Å². The second kappa shape index (κ2) is 7.28. The van der Waals surface area contributed by atoms with E-state index in [1.165, 1.54) is 0 Å². The number of amides is 1. The molecule has 0 radical (unpaired) electrons. The van der Waals surface area contributed by atoms with Crippen molar-refractivity contribution in [2.75, 3.05) is 13.2 Å². The molecule has 1 heterocycles. The van der Waals surface area contributed by atoms with Gasteiger partial charge in [-0.25, -0.2) is 0 Å². The standard InChI is InChI=1S/C21H33NO3Si/c1-15(17-10-8-16(13-23)9-11-17)21(5)18(12-22-19(21)24)14-25-26(6,7)20(2,3)4/h8-11,13,15,18H,12,14H2,1-7H3,(H,22,24)/t15-,18-,21-/m1/s1. The summed E-state index contributed by atoms with van der Waals surface area (Å²) in [5, 5.41) is 3.20. The topological polar surface area (TPSA) is 55.4 Å². The fourth-order valence-corrected chi connectivity index (χ4v) is 4.37. The van der Waals surface area contributed by atoms with Crippen molar-refractivity contribution in [3.05, 3.63) is 35.4 Å². The van der Waals surface area contributed by atoms with E-state index in [1.807, 2.05) is 31.2 Å². The van der Waals surface area contributed by atoms with Gasteiger partial charge in [-0.15, -0.1) is 0 Å². The smallest absolute Gasteiger partial charge is 0.226 e. The monoisotopic (exact) mass is 375 g/mol. The fraction of sp³-hybridized carbons (Fsp3) is 0.619. The molecule has 1 amide bonds. The van der Waals surface area contributed by atoms with Crippen LogP contribution >= 0.6 is 0 Å². The number of nitrogens with one attached hydrogen (secondary N) is 1. The lowest BCUT2D eigenvalue weighted by molar-refractivity contribution is -0.129. The first-order valence-corrected chi connectivity index (χ1v) is 12.3. The number of hydrogen-bond donors (Lipinski definition) is 1. The van der Waals surface area contributed by atoms with Gasteiger partial charge in [0.25, 0.3) is 0 Å². The van der Waals surface area contributed by atoms with Gasteiger partial charge < -0.3 is 9.74 Å². The first-order valence-electron chi connectivity index (χ1n) is 9.41. The molecule has 1 aromatic carbocycles. The van der Waals surface area contributed by atoms with Crippen LogP contribution in [0.5, 0.6) is 0 Å². The second-order valence-electron chi connectivity index (χ2n) is 9.27. The molecular formula is C21H33NO3Si. The summed E-state index contributed by atoms with van der Waals surface area (Å²) in [6.45, 7) is 16.6. The normalized spacial score (nSPS) is 25.0. The van der Waals surface area contributed by atoms with Gasteiger partial charge in [-0.05, 0) is 36.5 Å². The molecule has 3 atom stereocenters. The number of aldehydes is 1. The van der Waals surface area contributed by atoms with E-state index in [4.69, 9.17) is 4.43 Å². The summed E-state index contributed by atoms with van der Waals surface area (Å²) < 4.78 is 6.44. The van der Waals surface area contributed by atoms with Crippen molar-refractivity contribution in [1.82, 2.24) is 5.32 Å². The summed E-state index contributed by atoms with van der Waals surface area (Å²) in [6.07, 6.45) is 0.842. The molecule has 0 spiro atoms. The minimum Gasteiger partial charge on any atom is -0.416 e. The third-order valence-corrected chi connectivity index (χ3v) is 11.3. The van der Waals surface area contributed by atoms with Crippen LogP contribution in [0.1, 0.15) is 56.5 Å². The van der Waals surface area contributed by atoms with Crippen molar-refractivity contribution in [1.29, 1.82) is 0 Å². The molecule has 0 bridgehead atoms. The minimum atomic E-state index is -1.86. The minimum absolute atomic E-state index is 0.0405. The third-order valence-electron chi connectivity index (χ3n) is 6.77. The van der Waals surface area contributed by atoms with Crippen molar-refractivity contribution >= 4 is 20.5 Å². The molecule has 1 saturated heterocycles. The van der Waals surface area contributed by atoms with E-state index in [1.54, 1.807) is 0 Å². The van der Waals surface area contributed by atoms with Gasteiger partial charge in [-0.1, -0.05) is 52.0 Å². The van der Waals surface area contributed by atoms with Crippen LogP contribution in [-0.2, 0) is 9.22 Å². The van der Waals surface area contributed by atoms with Crippen molar-refractivity contribution in [3.63, 3.8) is 0 Å². The van der Waals surface area contributed by atoms with Crippen LogP contribution in [-0.4, -0.2) is 33.7 Å². The Morgan fingerprint density at radius 3 is 2.38 bits per heavy atom. The highest BCUT2D eigenvalue weighted by Gasteiger charge is 2.51. The molecule has 0 aromatic heterocycles. The lowest BCUT2D eigenvalue weighted by Crippen LogP contribution is -2.45. The Labute approximate surface area is 158 Å². The molecular weight excluding hydrogens is 342 g/mol. The molecule has 2 rings (SSSR count). The molecule has 1 fully saturated rings.